The number of hydrogen-bond acceptors (Lipinski definition) is 4. The van der Waals surface area contributed by atoms with Gasteiger partial charge in [0.25, 0.3) is 11.6 Å². The second-order valence-electron chi connectivity index (χ2n) is 6.94. The lowest BCUT2D eigenvalue weighted by molar-refractivity contribution is -0.384. The van der Waals surface area contributed by atoms with Gasteiger partial charge in [-0.3, -0.25) is 19.7 Å². The minimum Gasteiger partial charge on any atom is -0.340 e. The first-order valence-electron chi connectivity index (χ1n) is 8.84. The molecule has 29 heavy (non-hydrogen) atoms. The van der Waals surface area contributed by atoms with E-state index in [1.807, 2.05) is 19.9 Å². The molecule has 2 amide bonds. The van der Waals surface area contributed by atoms with Gasteiger partial charge in [-0.2, -0.15) is 0 Å². The molecule has 9 heteroatoms. The number of benzene rings is 2. The summed E-state index contributed by atoms with van der Waals surface area (Å²) in [5.74, 6) is -1.04. The number of halogens is 2. The average molecular weight is 438 g/mol. The summed E-state index contributed by atoms with van der Waals surface area (Å²) in [6.07, 6.45) is 0. The Kier molecular flexibility index (Phi) is 7.59. The highest BCUT2D eigenvalue weighted by molar-refractivity contribution is 6.34. The van der Waals surface area contributed by atoms with E-state index in [1.54, 1.807) is 25.2 Å². The van der Waals surface area contributed by atoms with Crippen molar-refractivity contribution in [2.24, 2.45) is 5.92 Å². The molecule has 0 spiro atoms. The maximum atomic E-state index is 12.9. The van der Waals surface area contributed by atoms with Crippen molar-refractivity contribution in [1.29, 1.82) is 0 Å². The number of nitrogens with zero attached hydrogens (tertiary/aromatic N) is 2. The predicted molar refractivity (Wildman–Crippen MR) is 112 cm³/mol. The van der Waals surface area contributed by atoms with Crippen LogP contribution in [0.1, 0.15) is 29.8 Å². The number of likely N-dealkylation sites (N-methyl/N-ethyl adjacent to an activating group) is 1. The van der Waals surface area contributed by atoms with Crippen molar-refractivity contribution in [3.63, 3.8) is 0 Å². The Balaban J connectivity index is 2.15. The van der Waals surface area contributed by atoms with E-state index in [2.05, 4.69) is 5.32 Å². The molecule has 2 aromatic rings. The number of carbonyl (C=O) groups is 2. The van der Waals surface area contributed by atoms with E-state index in [4.69, 9.17) is 23.2 Å². The van der Waals surface area contributed by atoms with Crippen molar-refractivity contribution in [2.45, 2.75) is 26.4 Å². The topological polar surface area (TPSA) is 92.5 Å². The van der Waals surface area contributed by atoms with Gasteiger partial charge in [-0.1, -0.05) is 49.2 Å². The molecule has 0 saturated carbocycles. The van der Waals surface area contributed by atoms with E-state index in [9.17, 15) is 19.7 Å². The van der Waals surface area contributed by atoms with Crippen molar-refractivity contribution >= 4 is 40.7 Å². The van der Waals surface area contributed by atoms with Gasteiger partial charge in [0.05, 0.1) is 15.5 Å². The van der Waals surface area contributed by atoms with E-state index < -0.39 is 16.9 Å². The molecule has 1 N–H and O–H groups in total. The first-order valence-corrected chi connectivity index (χ1v) is 9.60. The number of carbonyl (C=O) groups excluding carboxylic acids is 2. The Hall–Kier alpha value is -2.64. The Morgan fingerprint density at radius 3 is 2.41 bits per heavy atom. The number of non-ortho nitro benzene ring substituents is 1. The van der Waals surface area contributed by atoms with Crippen LogP contribution in [0.3, 0.4) is 0 Å². The van der Waals surface area contributed by atoms with Gasteiger partial charge in [-0.05, 0) is 29.7 Å². The van der Waals surface area contributed by atoms with Crippen LogP contribution in [0.15, 0.2) is 42.5 Å². The molecule has 0 radical (unpaired) electrons. The van der Waals surface area contributed by atoms with Crippen LogP contribution in [-0.2, 0) is 11.3 Å². The Morgan fingerprint density at radius 1 is 1.17 bits per heavy atom. The van der Waals surface area contributed by atoms with Gasteiger partial charge in [0, 0.05) is 30.7 Å². The summed E-state index contributed by atoms with van der Waals surface area (Å²) in [4.78, 5) is 37.3. The van der Waals surface area contributed by atoms with Gasteiger partial charge in [0.15, 0.2) is 0 Å². The number of nitro groups is 1. The van der Waals surface area contributed by atoms with Crippen LogP contribution in [0.5, 0.6) is 0 Å². The predicted octanol–water partition coefficient (Wildman–Crippen LogP) is 4.31. The third-order valence-electron chi connectivity index (χ3n) is 4.31. The molecule has 154 valence electrons. The van der Waals surface area contributed by atoms with E-state index in [1.165, 1.54) is 17.0 Å². The lowest BCUT2D eigenvalue weighted by Gasteiger charge is -2.27. The molecule has 0 aliphatic heterocycles. The summed E-state index contributed by atoms with van der Waals surface area (Å²) >= 11 is 12.0. The van der Waals surface area contributed by atoms with Crippen LogP contribution in [0, 0.1) is 16.0 Å². The van der Waals surface area contributed by atoms with Crippen molar-refractivity contribution in [3.8, 4) is 0 Å². The molecule has 0 unspecified atom stereocenters. The molecule has 2 rings (SSSR count). The smallest absolute Gasteiger partial charge is 0.270 e. The van der Waals surface area contributed by atoms with Crippen molar-refractivity contribution in [1.82, 2.24) is 10.2 Å². The summed E-state index contributed by atoms with van der Waals surface area (Å²) in [7, 11) is 1.64. The highest BCUT2D eigenvalue weighted by Crippen LogP contribution is 2.23. The molecule has 0 fully saturated rings. The maximum absolute atomic E-state index is 12.9. The van der Waals surface area contributed by atoms with Crippen LogP contribution in [0.4, 0.5) is 5.69 Å². The lowest BCUT2D eigenvalue weighted by Crippen LogP contribution is -2.50. The summed E-state index contributed by atoms with van der Waals surface area (Å²) in [6, 6.07) is 9.95. The highest BCUT2D eigenvalue weighted by Gasteiger charge is 2.28. The molecule has 2 aromatic carbocycles. The zero-order chi connectivity index (χ0) is 21.7. The normalized spacial score (nSPS) is 11.8. The van der Waals surface area contributed by atoms with E-state index in [-0.39, 0.29) is 28.1 Å². The quantitative estimate of drug-likeness (QED) is 0.515. The number of nitrogens with one attached hydrogen (secondary N) is 1. The average Bonchev–Trinajstić information content (AvgIpc) is 2.64. The minimum absolute atomic E-state index is 0.0565. The maximum Gasteiger partial charge on any atom is 0.270 e. The Bertz CT molecular complexity index is 934. The van der Waals surface area contributed by atoms with Crippen LogP contribution < -0.4 is 5.32 Å². The third-order valence-corrected chi connectivity index (χ3v) is 4.86. The zero-order valence-corrected chi connectivity index (χ0v) is 17.7. The van der Waals surface area contributed by atoms with Crippen LogP contribution in [0.2, 0.25) is 10.0 Å². The van der Waals surface area contributed by atoms with Crippen LogP contribution in [0.25, 0.3) is 0 Å². The number of nitro benzene ring substituents is 1. The second-order valence-corrected chi connectivity index (χ2v) is 7.78. The summed E-state index contributed by atoms with van der Waals surface area (Å²) in [6.45, 7) is 3.96. The summed E-state index contributed by atoms with van der Waals surface area (Å²) < 4.78 is 0. The van der Waals surface area contributed by atoms with Crippen molar-refractivity contribution in [3.05, 3.63) is 73.8 Å². The SMILES string of the molecule is CC(C)[C@H](NC(=O)c1ccc([N+](=O)[O-])cc1Cl)C(=O)N(C)Cc1cccc(Cl)c1. The standard InChI is InChI=1S/C20H21Cl2N3O4/c1-12(2)18(20(27)24(3)11-13-5-4-6-14(21)9-13)23-19(26)16-8-7-15(25(28)29)10-17(16)22/h4-10,12,18H,11H2,1-3H3,(H,23,26)/t18-/m0/s1. The number of hydrogen-bond donors (Lipinski definition) is 1. The summed E-state index contributed by atoms with van der Waals surface area (Å²) in [5, 5.41) is 14.0. The second kappa shape index (κ2) is 9.71. The van der Waals surface area contributed by atoms with E-state index >= 15 is 0 Å². The monoisotopic (exact) mass is 437 g/mol. The Morgan fingerprint density at radius 2 is 1.86 bits per heavy atom. The molecule has 1 atom stereocenters. The number of rotatable bonds is 7. The largest absolute Gasteiger partial charge is 0.340 e. The first-order chi connectivity index (χ1) is 13.6. The van der Waals surface area contributed by atoms with Gasteiger partial charge >= 0.3 is 0 Å². The van der Waals surface area contributed by atoms with E-state index in [0.29, 0.717) is 11.6 Å². The minimum atomic E-state index is -0.794. The first kappa shape index (κ1) is 22.6. The molecule has 0 aliphatic carbocycles. The van der Waals surface area contributed by atoms with Crippen LogP contribution in [-0.4, -0.2) is 34.7 Å². The lowest BCUT2D eigenvalue weighted by atomic mass is 10.0. The molecule has 0 aromatic heterocycles. The van der Waals surface area contributed by atoms with E-state index in [0.717, 1.165) is 11.6 Å². The van der Waals surface area contributed by atoms with Crippen molar-refractivity contribution < 1.29 is 14.5 Å². The third kappa shape index (κ3) is 5.92. The fourth-order valence-electron chi connectivity index (χ4n) is 2.76. The summed E-state index contributed by atoms with van der Waals surface area (Å²) in [5.41, 5.74) is 0.707. The van der Waals surface area contributed by atoms with Gasteiger partial charge in [0.1, 0.15) is 6.04 Å². The molecule has 0 aliphatic rings. The van der Waals surface area contributed by atoms with Crippen LogP contribution >= 0.6 is 23.2 Å². The molecule has 0 saturated heterocycles. The van der Waals surface area contributed by atoms with Gasteiger partial charge in [0.2, 0.25) is 5.91 Å². The molecule has 0 heterocycles. The fourth-order valence-corrected chi connectivity index (χ4v) is 3.23. The number of amides is 2. The van der Waals surface area contributed by atoms with Gasteiger partial charge < -0.3 is 10.2 Å². The molecule has 7 nitrogen and oxygen atoms in total. The van der Waals surface area contributed by atoms with Gasteiger partial charge in [-0.15, -0.1) is 0 Å². The fraction of sp³-hybridized carbons (Fsp3) is 0.300. The molecular weight excluding hydrogens is 417 g/mol. The highest BCUT2D eigenvalue weighted by atomic mass is 35.5. The molecule has 0 bridgehead atoms. The molecular formula is C20H21Cl2N3O4. The zero-order valence-electron chi connectivity index (χ0n) is 16.2. The Labute approximate surface area is 178 Å². The van der Waals surface area contributed by atoms with Crippen molar-refractivity contribution in [2.75, 3.05) is 7.05 Å². The van der Waals surface area contributed by atoms with Gasteiger partial charge in [-0.25, -0.2) is 0 Å².